The second-order valence-corrected chi connectivity index (χ2v) is 8.60. The van der Waals surface area contributed by atoms with Crippen LogP contribution in [-0.2, 0) is 16.0 Å². The Bertz CT molecular complexity index is 939. The summed E-state index contributed by atoms with van der Waals surface area (Å²) in [5.41, 5.74) is 3.46. The van der Waals surface area contributed by atoms with E-state index in [1.807, 2.05) is 49.1 Å². The van der Waals surface area contributed by atoms with Crippen LogP contribution in [0.5, 0.6) is 5.75 Å². The summed E-state index contributed by atoms with van der Waals surface area (Å²) >= 11 is 0. The molecular formula is C26H32N2O3. The summed E-state index contributed by atoms with van der Waals surface area (Å²) in [4.78, 5) is 29.5. The van der Waals surface area contributed by atoms with E-state index in [0.29, 0.717) is 18.7 Å². The Hall–Kier alpha value is -2.82. The van der Waals surface area contributed by atoms with Crippen LogP contribution in [0.1, 0.15) is 55.8 Å². The molecule has 1 heterocycles. The van der Waals surface area contributed by atoms with Crippen molar-refractivity contribution in [1.29, 1.82) is 0 Å². The molecule has 0 spiro atoms. The molecule has 1 aliphatic heterocycles. The van der Waals surface area contributed by atoms with E-state index in [4.69, 9.17) is 4.74 Å². The number of amides is 2. The Kier molecular flexibility index (Phi) is 6.30. The molecule has 164 valence electrons. The molecule has 2 aromatic carbocycles. The monoisotopic (exact) mass is 420 g/mol. The fraction of sp³-hybridized carbons (Fsp3) is 0.462. The summed E-state index contributed by atoms with van der Waals surface area (Å²) in [7, 11) is 1.80. The molecule has 4 rings (SSSR count). The summed E-state index contributed by atoms with van der Waals surface area (Å²) in [6, 6.07) is 16.2. The smallest absolute Gasteiger partial charge is 0.263 e. The van der Waals surface area contributed by atoms with Crippen molar-refractivity contribution < 1.29 is 14.3 Å². The summed E-state index contributed by atoms with van der Waals surface area (Å²) < 4.78 is 6.16. The SMILES string of the molecule is CCC(Oc1ccc2c(c1)C(c1ccccc1)N(C(=O)C1CC1)CC2)C(=O)N(C)CC. The number of likely N-dealkylation sites (N-methyl/N-ethyl adjacent to an activating group) is 1. The molecule has 2 aliphatic rings. The molecule has 5 heteroatoms. The molecule has 2 amide bonds. The number of hydrogen-bond donors (Lipinski definition) is 0. The Morgan fingerprint density at radius 1 is 1.13 bits per heavy atom. The van der Waals surface area contributed by atoms with Gasteiger partial charge >= 0.3 is 0 Å². The molecular weight excluding hydrogens is 388 g/mol. The maximum absolute atomic E-state index is 13.1. The molecule has 5 nitrogen and oxygen atoms in total. The van der Waals surface area contributed by atoms with Crippen molar-refractivity contribution in [2.24, 2.45) is 5.92 Å². The van der Waals surface area contributed by atoms with E-state index >= 15 is 0 Å². The molecule has 2 unspecified atom stereocenters. The number of benzene rings is 2. The van der Waals surface area contributed by atoms with Gasteiger partial charge in [-0.1, -0.05) is 43.3 Å². The van der Waals surface area contributed by atoms with E-state index in [1.54, 1.807) is 11.9 Å². The zero-order valence-electron chi connectivity index (χ0n) is 18.7. The van der Waals surface area contributed by atoms with Gasteiger partial charge in [-0.3, -0.25) is 9.59 Å². The van der Waals surface area contributed by atoms with E-state index in [1.165, 1.54) is 5.56 Å². The fourth-order valence-corrected chi connectivity index (χ4v) is 4.34. The van der Waals surface area contributed by atoms with Gasteiger partial charge in [-0.2, -0.15) is 0 Å². The van der Waals surface area contributed by atoms with Crippen molar-refractivity contribution in [3.8, 4) is 5.75 Å². The van der Waals surface area contributed by atoms with Gasteiger partial charge in [0, 0.05) is 26.1 Å². The maximum Gasteiger partial charge on any atom is 0.263 e. The third-order valence-electron chi connectivity index (χ3n) is 6.45. The molecule has 1 saturated carbocycles. The normalized spacial score (nSPS) is 18.8. The summed E-state index contributed by atoms with van der Waals surface area (Å²) in [6.45, 7) is 5.31. The van der Waals surface area contributed by atoms with Crippen LogP contribution >= 0.6 is 0 Å². The molecule has 1 aliphatic carbocycles. The Labute approximate surface area is 185 Å². The molecule has 2 aromatic rings. The molecule has 0 saturated heterocycles. The second kappa shape index (κ2) is 9.13. The molecule has 2 atom stereocenters. The van der Waals surface area contributed by atoms with Crippen molar-refractivity contribution in [2.45, 2.75) is 51.7 Å². The molecule has 31 heavy (non-hydrogen) atoms. The number of rotatable bonds is 7. The van der Waals surface area contributed by atoms with Gasteiger partial charge in [-0.05, 0) is 61.4 Å². The minimum atomic E-state index is -0.508. The van der Waals surface area contributed by atoms with E-state index in [9.17, 15) is 9.59 Å². The first-order valence-electron chi connectivity index (χ1n) is 11.4. The van der Waals surface area contributed by atoms with Crippen LogP contribution in [0.2, 0.25) is 0 Å². The van der Waals surface area contributed by atoms with Crippen molar-refractivity contribution in [3.63, 3.8) is 0 Å². The van der Waals surface area contributed by atoms with E-state index in [2.05, 4.69) is 18.2 Å². The topological polar surface area (TPSA) is 49.9 Å². The third kappa shape index (κ3) is 4.46. The largest absolute Gasteiger partial charge is 0.481 e. The van der Waals surface area contributed by atoms with Gasteiger partial charge in [0.05, 0.1) is 6.04 Å². The van der Waals surface area contributed by atoms with Crippen LogP contribution in [0, 0.1) is 5.92 Å². The number of carbonyl (C=O) groups excluding carboxylic acids is 2. The van der Waals surface area contributed by atoms with Gasteiger partial charge in [-0.25, -0.2) is 0 Å². The fourth-order valence-electron chi connectivity index (χ4n) is 4.34. The molecule has 0 bridgehead atoms. The first-order valence-corrected chi connectivity index (χ1v) is 11.4. The number of ether oxygens (including phenoxy) is 1. The number of carbonyl (C=O) groups is 2. The van der Waals surface area contributed by atoms with Crippen molar-refractivity contribution in [2.75, 3.05) is 20.1 Å². The highest BCUT2D eigenvalue weighted by Gasteiger charge is 2.39. The standard InChI is InChI=1S/C26H32N2O3/c1-4-23(26(30)27(3)5-2)31-21-14-13-18-15-16-28(25(29)20-11-12-20)24(22(18)17-21)19-9-7-6-8-10-19/h6-10,13-14,17,20,23-24H,4-5,11-12,15-16H2,1-3H3. The van der Waals surface area contributed by atoms with Crippen molar-refractivity contribution in [3.05, 3.63) is 65.2 Å². The van der Waals surface area contributed by atoms with Gasteiger partial charge in [0.2, 0.25) is 5.91 Å². The lowest BCUT2D eigenvalue weighted by Crippen LogP contribution is -2.41. The number of fused-ring (bicyclic) bond motifs is 1. The van der Waals surface area contributed by atoms with Crippen LogP contribution in [0.15, 0.2) is 48.5 Å². The average molecular weight is 421 g/mol. The third-order valence-corrected chi connectivity index (χ3v) is 6.45. The minimum Gasteiger partial charge on any atom is -0.481 e. The maximum atomic E-state index is 13.1. The van der Waals surface area contributed by atoms with Gasteiger partial charge < -0.3 is 14.5 Å². The first kappa shape index (κ1) is 21.4. The van der Waals surface area contributed by atoms with E-state index in [-0.39, 0.29) is 23.8 Å². The summed E-state index contributed by atoms with van der Waals surface area (Å²) in [6.07, 6.45) is 2.93. The van der Waals surface area contributed by atoms with Crippen LogP contribution < -0.4 is 4.74 Å². The lowest BCUT2D eigenvalue weighted by atomic mass is 9.87. The lowest BCUT2D eigenvalue weighted by molar-refractivity contribution is -0.137. The van der Waals surface area contributed by atoms with Crippen LogP contribution in [0.4, 0.5) is 0 Å². The predicted molar refractivity (Wildman–Crippen MR) is 121 cm³/mol. The highest BCUT2D eigenvalue weighted by molar-refractivity contribution is 5.82. The van der Waals surface area contributed by atoms with Gasteiger partial charge in [0.1, 0.15) is 5.75 Å². The quantitative estimate of drug-likeness (QED) is 0.674. The van der Waals surface area contributed by atoms with Gasteiger partial charge in [0.25, 0.3) is 5.91 Å². The Morgan fingerprint density at radius 3 is 2.52 bits per heavy atom. The summed E-state index contributed by atoms with van der Waals surface area (Å²) in [5, 5.41) is 0. The second-order valence-electron chi connectivity index (χ2n) is 8.60. The highest BCUT2D eigenvalue weighted by Crippen LogP contribution is 2.41. The molecule has 0 radical (unpaired) electrons. The number of hydrogen-bond acceptors (Lipinski definition) is 3. The molecule has 0 N–H and O–H groups in total. The minimum absolute atomic E-state index is 0.00660. The first-order chi connectivity index (χ1) is 15.0. The number of nitrogens with zero attached hydrogens (tertiary/aromatic N) is 2. The van der Waals surface area contributed by atoms with Crippen molar-refractivity contribution >= 4 is 11.8 Å². The Balaban J connectivity index is 1.68. The van der Waals surface area contributed by atoms with E-state index < -0.39 is 6.10 Å². The lowest BCUT2D eigenvalue weighted by Gasteiger charge is -2.38. The van der Waals surface area contributed by atoms with Crippen LogP contribution in [0.25, 0.3) is 0 Å². The Morgan fingerprint density at radius 2 is 1.87 bits per heavy atom. The zero-order valence-corrected chi connectivity index (χ0v) is 18.7. The highest BCUT2D eigenvalue weighted by atomic mass is 16.5. The predicted octanol–water partition coefficient (Wildman–Crippen LogP) is 4.21. The average Bonchev–Trinajstić information content (AvgIpc) is 3.66. The summed E-state index contributed by atoms with van der Waals surface area (Å²) in [5.74, 6) is 1.12. The molecule has 1 fully saturated rings. The molecule has 0 aromatic heterocycles. The van der Waals surface area contributed by atoms with Crippen LogP contribution in [-0.4, -0.2) is 47.9 Å². The van der Waals surface area contributed by atoms with Gasteiger partial charge in [0.15, 0.2) is 6.10 Å². The zero-order chi connectivity index (χ0) is 22.0. The van der Waals surface area contributed by atoms with Crippen LogP contribution in [0.3, 0.4) is 0 Å². The van der Waals surface area contributed by atoms with E-state index in [0.717, 1.165) is 36.9 Å². The van der Waals surface area contributed by atoms with Crippen molar-refractivity contribution in [1.82, 2.24) is 9.80 Å². The van der Waals surface area contributed by atoms with Gasteiger partial charge in [-0.15, -0.1) is 0 Å².